The van der Waals surface area contributed by atoms with Gasteiger partial charge in [0, 0.05) is 19.8 Å². The van der Waals surface area contributed by atoms with Gasteiger partial charge >= 0.3 is 0 Å². The number of carbonyl (C=O) groups is 1. The van der Waals surface area contributed by atoms with Crippen LogP contribution in [0.15, 0.2) is 18.2 Å². The number of halogens is 1. The van der Waals surface area contributed by atoms with E-state index in [1.165, 1.54) is 6.07 Å². The van der Waals surface area contributed by atoms with E-state index in [-0.39, 0.29) is 17.9 Å². The molecule has 0 aromatic heterocycles. The summed E-state index contributed by atoms with van der Waals surface area (Å²) < 4.78 is 19.1. The minimum Gasteiger partial charge on any atom is -0.381 e. The van der Waals surface area contributed by atoms with Gasteiger partial charge in [0.1, 0.15) is 5.82 Å². The minimum atomic E-state index is -0.660. The lowest BCUT2D eigenvalue weighted by Gasteiger charge is -2.34. The molecule has 0 amide bonds. The Kier molecular flexibility index (Phi) is 3.78. The number of aryl methyl sites for hydroxylation is 1. The van der Waals surface area contributed by atoms with Crippen LogP contribution in [0.5, 0.6) is 0 Å². The van der Waals surface area contributed by atoms with Gasteiger partial charge in [-0.05, 0) is 31.9 Å². The van der Waals surface area contributed by atoms with Crippen LogP contribution in [0.4, 0.5) is 4.39 Å². The summed E-state index contributed by atoms with van der Waals surface area (Å²) in [5.74, 6) is -0.653. The Morgan fingerprint density at radius 2 is 2.11 bits per heavy atom. The summed E-state index contributed by atoms with van der Waals surface area (Å²) in [4.78, 5) is 12.6. The molecule has 0 aliphatic carbocycles. The van der Waals surface area contributed by atoms with Crippen molar-refractivity contribution >= 4 is 5.78 Å². The lowest BCUT2D eigenvalue weighted by Crippen LogP contribution is -2.43. The maximum Gasteiger partial charge on any atom is 0.173 e. The van der Waals surface area contributed by atoms with Gasteiger partial charge in [0.15, 0.2) is 5.78 Å². The number of carbonyl (C=O) groups excluding carboxylic acids is 1. The Labute approximate surface area is 106 Å². The van der Waals surface area contributed by atoms with Crippen molar-refractivity contribution < 1.29 is 13.9 Å². The van der Waals surface area contributed by atoms with Crippen molar-refractivity contribution in [1.82, 2.24) is 0 Å². The van der Waals surface area contributed by atoms with E-state index in [1.807, 2.05) is 6.92 Å². The van der Waals surface area contributed by atoms with Gasteiger partial charge in [0.25, 0.3) is 0 Å². The third kappa shape index (κ3) is 2.31. The van der Waals surface area contributed by atoms with Crippen LogP contribution in [0.3, 0.4) is 0 Å². The van der Waals surface area contributed by atoms with E-state index >= 15 is 0 Å². The van der Waals surface area contributed by atoms with Crippen molar-refractivity contribution in [3.8, 4) is 0 Å². The Hall–Kier alpha value is -1.26. The molecule has 98 valence electrons. The van der Waals surface area contributed by atoms with E-state index in [0.29, 0.717) is 26.1 Å². The van der Waals surface area contributed by atoms with Crippen molar-refractivity contribution in [2.24, 2.45) is 11.1 Å². The second-order valence-electron chi connectivity index (χ2n) is 4.91. The highest BCUT2D eigenvalue weighted by Gasteiger charge is 2.40. The standard InChI is InChI=1S/C14H18FNO2/c1-10-2-3-12(15)11(8-10)13(17)14(9-16)4-6-18-7-5-14/h2-3,8H,4-7,9,16H2,1H3. The molecule has 2 N–H and O–H groups in total. The summed E-state index contributed by atoms with van der Waals surface area (Å²) >= 11 is 0. The molecule has 1 aliphatic rings. The summed E-state index contributed by atoms with van der Waals surface area (Å²) in [5, 5.41) is 0. The van der Waals surface area contributed by atoms with Crippen LogP contribution in [0, 0.1) is 18.2 Å². The third-order valence-electron chi connectivity index (χ3n) is 3.69. The smallest absolute Gasteiger partial charge is 0.173 e. The zero-order valence-electron chi connectivity index (χ0n) is 10.5. The molecule has 1 aromatic carbocycles. The number of nitrogens with two attached hydrogens (primary N) is 1. The zero-order valence-corrected chi connectivity index (χ0v) is 10.5. The highest BCUT2D eigenvalue weighted by molar-refractivity contribution is 6.01. The molecule has 0 unspecified atom stereocenters. The van der Waals surface area contributed by atoms with Gasteiger partial charge in [-0.25, -0.2) is 4.39 Å². The van der Waals surface area contributed by atoms with Crippen LogP contribution >= 0.6 is 0 Å². The fraction of sp³-hybridized carbons (Fsp3) is 0.500. The van der Waals surface area contributed by atoms with Crippen molar-refractivity contribution in [2.45, 2.75) is 19.8 Å². The average molecular weight is 251 g/mol. The second kappa shape index (κ2) is 5.16. The molecule has 1 aliphatic heterocycles. The number of rotatable bonds is 3. The molecule has 1 fully saturated rings. The molecule has 1 aromatic rings. The maximum atomic E-state index is 13.8. The molecule has 2 rings (SSSR count). The Balaban J connectivity index is 2.36. The van der Waals surface area contributed by atoms with Gasteiger partial charge in [-0.2, -0.15) is 0 Å². The molecule has 0 atom stereocenters. The number of hydrogen-bond donors (Lipinski definition) is 1. The molecular weight excluding hydrogens is 233 g/mol. The SMILES string of the molecule is Cc1ccc(F)c(C(=O)C2(CN)CCOCC2)c1. The Bertz CT molecular complexity index is 453. The topological polar surface area (TPSA) is 52.3 Å². The summed E-state index contributed by atoms with van der Waals surface area (Å²) in [6.45, 7) is 3.10. The van der Waals surface area contributed by atoms with E-state index in [1.54, 1.807) is 12.1 Å². The lowest BCUT2D eigenvalue weighted by atomic mass is 9.74. The minimum absolute atomic E-state index is 0.155. The fourth-order valence-corrected chi connectivity index (χ4v) is 2.38. The molecule has 0 bridgehead atoms. The highest BCUT2D eigenvalue weighted by Crippen LogP contribution is 2.34. The van der Waals surface area contributed by atoms with Crippen molar-refractivity contribution in [1.29, 1.82) is 0 Å². The normalized spacial score (nSPS) is 18.6. The summed E-state index contributed by atoms with van der Waals surface area (Å²) in [6, 6.07) is 4.60. The number of Topliss-reactive ketones (excluding diaryl/α,β-unsaturated/α-hetero) is 1. The summed E-state index contributed by atoms with van der Waals surface area (Å²) in [5.41, 5.74) is 6.13. The van der Waals surface area contributed by atoms with Crippen LogP contribution in [0.2, 0.25) is 0 Å². The van der Waals surface area contributed by atoms with Crippen LogP contribution in [-0.4, -0.2) is 25.5 Å². The van der Waals surface area contributed by atoms with Crippen molar-refractivity contribution in [3.63, 3.8) is 0 Å². The second-order valence-corrected chi connectivity index (χ2v) is 4.91. The van der Waals surface area contributed by atoms with Crippen molar-refractivity contribution in [2.75, 3.05) is 19.8 Å². The third-order valence-corrected chi connectivity index (χ3v) is 3.69. The zero-order chi connectivity index (χ0) is 13.2. The predicted octanol–water partition coefficient (Wildman–Crippen LogP) is 2.07. The maximum absolute atomic E-state index is 13.8. The average Bonchev–Trinajstić information content (AvgIpc) is 2.41. The molecule has 4 heteroatoms. The van der Waals surface area contributed by atoms with E-state index in [0.717, 1.165) is 5.56 Å². The van der Waals surface area contributed by atoms with E-state index in [9.17, 15) is 9.18 Å². The van der Waals surface area contributed by atoms with E-state index < -0.39 is 11.2 Å². The first-order valence-corrected chi connectivity index (χ1v) is 6.18. The number of hydrogen-bond acceptors (Lipinski definition) is 3. The van der Waals surface area contributed by atoms with Crippen molar-refractivity contribution in [3.05, 3.63) is 35.1 Å². The van der Waals surface area contributed by atoms with Gasteiger partial charge in [0.05, 0.1) is 11.0 Å². The molecule has 18 heavy (non-hydrogen) atoms. The molecule has 1 saturated heterocycles. The van der Waals surface area contributed by atoms with Crippen LogP contribution in [0.1, 0.15) is 28.8 Å². The van der Waals surface area contributed by atoms with Gasteiger partial charge in [-0.3, -0.25) is 4.79 Å². The van der Waals surface area contributed by atoms with Gasteiger partial charge in [-0.1, -0.05) is 11.6 Å². The van der Waals surface area contributed by atoms with E-state index in [2.05, 4.69) is 0 Å². The quantitative estimate of drug-likeness (QED) is 0.837. The molecular formula is C14H18FNO2. The fourth-order valence-electron chi connectivity index (χ4n) is 2.38. The molecule has 1 heterocycles. The first-order chi connectivity index (χ1) is 8.59. The lowest BCUT2D eigenvalue weighted by molar-refractivity contribution is 0.0198. The Morgan fingerprint density at radius 1 is 1.44 bits per heavy atom. The predicted molar refractivity (Wildman–Crippen MR) is 67.0 cm³/mol. The first kappa shape index (κ1) is 13.2. The largest absolute Gasteiger partial charge is 0.381 e. The number of benzene rings is 1. The molecule has 0 spiro atoms. The van der Waals surface area contributed by atoms with Gasteiger partial charge in [-0.15, -0.1) is 0 Å². The monoisotopic (exact) mass is 251 g/mol. The number of ether oxygens (including phenoxy) is 1. The first-order valence-electron chi connectivity index (χ1n) is 6.18. The summed E-state index contributed by atoms with van der Waals surface area (Å²) in [6.07, 6.45) is 1.13. The van der Waals surface area contributed by atoms with Crippen LogP contribution < -0.4 is 5.73 Å². The van der Waals surface area contributed by atoms with Gasteiger partial charge in [0.2, 0.25) is 0 Å². The van der Waals surface area contributed by atoms with Crippen LogP contribution in [0.25, 0.3) is 0 Å². The molecule has 3 nitrogen and oxygen atoms in total. The number of ketones is 1. The highest BCUT2D eigenvalue weighted by atomic mass is 19.1. The van der Waals surface area contributed by atoms with Gasteiger partial charge < -0.3 is 10.5 Å². The van der Waals surface area contributed by atoms with Crippen LogP contribution in [-0.2, 0) is 4.74 Å². The van der Waals surface area contributed by atoms with E-state index in [4.69, 9.17) is 10.5 Å². The Morgan fingerprint density at radius 3 is 2.72 bits per heavy atom. The molecule has 0 saturated carbocycles. The molecule has 0 radical (unpaired) electrons. The summed E-state index contributed by atoms with van der Waals surface area (Å²) in [7, 11) is 0.